The fourth-order valence-corrected chi connectivity index (χ4v) is 4.52. The lowest BCUT2D eigenvalue weighted by atomic mass is 9.94. The van der Waals surface area contributed by atoms with Crippen LogP contribution in [0.2, 0.25) is 15.1 Å². The van der Waals surface area contributed by atoms with Crippen LogP contribution in [0.15, 0.2) is 52.9 Å². The van der Waals surface area contributed by atoms with Crippen molar-refractivity contribution >= 4 is 58.0 Å². The number of benzene rings is 2. The molecule has 0 bridgehead atoms. The Balaban J connectivity index is 1.40. The second-order valence-electron chi connectivity index (χ2n) is 9.44. The Morgan fingerprint density at radius 1 is 0.857 bits per heavy atom. The molecule has 4 rings (SSSR count). The Labute approximate surface area is 219 Å². The smallest absolute Gasteiger partial charge is 0.291 e. The summed E-state index contributed by atoms with van der Waals surface area (Å²) in [6.07, 6.45) is 0. The molecular formula is C26H26Cl3N3O3. The van der Waals surface area contributed by atoms with E-state index in [0.717, 1.165) is 11.3 Å². The van der Waals surface area contributed by atoms with Gasteiger partial charge < -0.3 is 19.5 Å². The Morgan fingerprint density at radius 3 is 2.20 bits per heavy atom. The van der Waals surface area contributed by atoms with E-state index in [1.165, 1.54) is 0 Å². The van der Waals surface area contributed by atoms with Gasteiger partial charge in [-0.25, -0.2) is 0 Å². The number of carbonyl (C=O) groups is 2. The van der Waals surface area contributed by atoms with Crippen molar-refractivity contribution in [2.24, 2.45) is 5.41 Å². The van der Waals surface area contributed by atoms with E-state index < -0.39 is 11.3 Å². The Kier molecular flexibility index (Phi) is 7.36. The minimum absolute atomic E-state index is 0.154. The molecule has 0 saturated carbocycles. The lowest BCUT2D eigenvalue weighted by Crippen LogP contribution is -2.51. The number of carbonyl (C=O) groups excluding carboxylic acids is 2. The highest BCUT2D eigenvalue weighted by molar-refractivity contribution is 6.42. The van der Waals surface area contributed by atoms with Crippen LogP contribution in [0.5, 0.6) is 0 Å². The van der Waals surface area contributed by atoms with Gasteiger partial charge in [0, 0.05) is 42.8 Å². The van der Waals surface area contributed by atoms with E-state index >= 15 is 0 Å². The average Bonchev–Trinajstić information content (AvgIpc) is 3.31. The summed E-state index contributed by atoms with van der Waals surface area (Å²) in [6, 6.07) is 13.8. The van der Waals surface area contributed by atoms with Crippen molar-refractivity contribution in [3.63, 3.8) is 0 Å². The Bertz CT molecular complexity index is 1260. The summed E-state index contributed by atoms with van der Waals surface area (Å²) >= 11 is 18.6. The third kappa shape index (κ3) is 5.77. The van der Waals surface area contributed by atoms with Crippen molar-refractivity contribution in [3.05, 3.63) is 69.4 Å². The molecule has 3 aromatic rings. The normalized spacial score (nSPS) is 14.2. The van der Waals surface area contributed by atoms with Crippen molar-refractivity contribution in [1.82, 2.24) is 4.90 Å². The highest BCUT2D eigenvalue weighted by atomic mass is 35.5. The molecule has 2 aromatic carbocycles. The van der Waals surface area contributed by atoms with Gasteiger partial charge in [-0.05, 0) is 48.5 Å². The Morgan fingerprint density at radius 2 is 1.57 bits per heavy atom. The molecule has 2 amide bonds. The van der Waals surface area contributed by atoms with Gasteiger partial charge in [0.25, 0.3) is 5.91 Å². The first-order chi connectivity index (χ1) is 16.5. The number of nitrogens with one attached hydrogen (secondary N) is 1. The molecule has 1 saturated heterocycles. The van der Waals surface area contributed by atoms with Crippen LogP contribution in [-0.2, 0) is 4.79 Å². The summed E-state index contributed by atoms with van der Waals surface area (Å²) in [5, 5.41) is 4.19. The fraction of sp³-hybridized carbons (Fsp3) is 0.308. The molecule has 6 nitrogen and oxygen atoms in total. The van der Waals surface area contributed by atoms with Crippen LogP contribution in [0, 0.1) is 5.41 Å². The van der Waals surface area contributed by atoms with E-state index in [1.54, 1.807) is 42.5 Å². The average molecular weight is 535 g/mol. The number of anilines is 2. The predicted octanol–water partition coefficient (Wildman–Crippen LogP) is 6.85. The van der Waals surface area contributed by atoms with E-state index in [1.807, 2.05) is 31.7 Å². The molecule has 1 aromatic heterocycles. The van der Waals surface area contributed by atoms with Crippen LogP contribution >= 0.6 is 34.8 Å². The monoisotopic (exact) mass is 533 g/mol. The highest BCUT2D eigenvalue weighted by Gasteiger charge is 2.30. The summed E-state index contributed by atoms with van der Waals surface area (Å²) in [6.45, 7) is 8.47. The first kappa shape index (κ1) is 25.4. The van der Waals surface area contributed by atoms with Gasteiger partial charge >= 0.3 is 0 Å². The predicted molar refractivity (Wildman–Crippen MR) is 142 cm³/mol. The van der Waals surface area contributed by atoms with Gasteiger partial charge in [0.05, 0.1) is 20.8 Å². The van der Waals surface area contributed by atoms with Gasteiger partial charge in [-0.2, -0.15) is 0 Å². The van der Waals surface area contributed by atoms with Crippen molar-refractivity contribution in [2.75, 3.05) is 36.4 Å². The van der Waals surface area contributed by atoms with Gasteiger partial charge in [0.2, 0.25) is 5.91 Å². The van der Waals surface area contributed by atoms with Crippen LogP contribution in [0.25, 0.3) is 11.3 Å². The number of furan rings is 1. The van der Waals surface area contributed by atoms with Crippen LogP contribution in [0.3, 0.4) is 0 Å². The van der Waals surface area contributed by atoms with E-state index in [-0.39, 0.29) is 11.7 Å². The maximum absolute atomic E-state index is 12.7. The molecule has 1 N–H and O–H groups in total. The highest BCUT2D eigenvalue weighted by Crippen LogP contribution is 2.32. The second-order valence-corrected chi connectivity index (χ2v) is 10.7. The van der Waals surface area contributed by atoms with E-state index in [4.69, 9.17) is 39.2 Å². The molecule has 0 radical (unpaired) electrons. The standard InChI is InChI=1S/C26H26Cl3N3O3/c1-26(2,3)25(34)32-12-10-31(11-13-32)21-7-5-17(15-20(21)29)30-24(33)23-9-8-22(35-23)16-4-6-18(27)19(28)14-16/h4-9,14-15H,10-13H2,1-3H3,(H,30,33). The molecule has 2 heterocycles. The Hall–Kier alpha value is -2.67. The first-order valence-electron chi connectivity index (χ1n) is 11.2. The zero-order valence-electron chi connectivity index (χ0n) is 19.7. The maximum Gasteiger partial charge on any atom is 0.291 e. The van der Waals surface area contributed by atoms with Gasteiger partial charge in [-0.1, -0.05) is 55.6 Å². The number of nitrogens with zero attached hydrogens (tertiary/aromatic N) is 2. The minimum Gasteiger partial charge on any atom is -0.451 e. The number of hydrogen-bond acceptors (Lipinski definition) is 4. The van der Waals surface area contributed by atoms with Crippen LogP contribution in [0.1, 0.15) is 31.3 Å². The number of hydrogen-bond donors (Lipinski definition) is 1. The molecule has 1 fully saturated rings. The molecule has 35 heavy (non-hydrogen) atoms. The number of rotatable bonds is 4. The molecule has 0 spiro atoms. The van der Waals surface area contributed by atoms with Crippen molar-refractivity contribution in [1.29, 1.82) is 0 Å². The van der Waals surface area contributed by atoms with Gasteiger partial charge in [0.15, 0.2) is 5.76 Å². The summed E-state index contributed by atoms with van der Waals surface area (Å²) in [7, 11) is 0. The zero-order valence-corrected chi connectivity index (χ0v) is 22.0. The van der Waals surface area contributed by atoms with Crippen molar-refractivity contribution in [2.45, 2.75) is 20.8 Å². The summed E-state index contributed by atoms with van der Waals surface area (Å²) in [5.41, 5.74) is 1.75. The van der Waals surface area contributed by atoms with Crippen LogP contribution < -0.4 is 10.2 Å². The molecule has 0 atom stereocenters. The molecule has 0 aliphatic carbocycles. The van der Waals surface area contributed by atoms with Gasteiger partial charge in [-0.3, -0.25) is 9.59 Å². The van der Waals surface area contributed by atoms with Crippen molar-refractivity contribution in [3.8, 4) is 11.3 Å². The second kappa shape index (κ2) is 10.1. The van der Waals surface area contributed by atoms with E-state index in [0.29, 0.717) is 52.7 Å². The molecule has 1 aliphatic heterocycles. The fourth-order valence-electron chi connectivity index (χ4n) is 3.92. The maximum atomic E-state index is 12.7. The largest absolute Gasteiger partial charge is 0.451 e. The summed E-state index contributed by atoms with van der Waals surface area (Å²) < 4.78 is 5.71. The number of halogens is 3. The minimum atomic E-state index is -0.394. The van der Waals surface area contributed by atoms with Crippen LogP contribution in [0.4, 0.5) is 11.4 Å². The quantitative estimate of drug-likeness (QED) is 0.397. The third-order valence-electron chi connectivity index (χ3n) is 5.79. The van der Waals surface area contributed by atoms with Crippen LogP contribution in [-0.4, -0.2) is 42.9 Å². The molecular weight excluding hydrogens is 509 g/mol. The summed E-state index contributed by atoms with van der Waals surface area (Å²) in [5.74, 6) is 0.424. The lowest BCUT2D eigenvalue weighted by Gasteiger charge is -2.39. The third-order valence-corrected chi connectivity index (χ3v) is 6.83. The molecule has 0 unspecified atom stereocenters. The lowest BCUT2D eigenvalue weighted by molar-refractivity contribution is -0.139. The number of piperazine rings is 1. The number of amides is 2. The van der Waals surface area contributed by atoms with Gasteiger partial charge in [0.1, 0.15) is 5.76 Å². The molecule has 1 aliphatic rings. The SMILES string of the molecule is CC(C)(C)C(=O)N1CCN(c2ccc(NC(=O)c3ccc(-c4ccc(Cl)c(Cl)c4)o3)cc2Cl)CC1. The molecule has 184 valence electrons. The van der Waals surface area contributed by atoms with E-state index in [9.17, 15) is 9.59 Å². The first-order valence-corrected chi connectivity index (χ1v) is 12.4. The topological polar surface area (TPSA) is 65.8 Å². The zero-order chi connectivity index (χ0) is 25.3. The summed E-state index contributed by atoms with van der Waals surface area (Å²) in [4.78, 5) is 29.3. The van der Waals surface area contributed by atoms with Crippen molar-refractivity contribution < 1.29 is 14.0 Å². The van der Waals surface area contributed by atoms with Gasteiger partial charge in [-0.15, -0.1) is 0 Å². The van der Waals surface area contributed by atoms with E-state index in [2.05, 4.69) is 10.2 Å². The molecule has 9 heteroatoms.